The number of ether oxygens (including phenoxy) is 1. The average Bonchev–Trinajstić information content (AvgIpc) is 2.68. The number of aryl methyl sites for hydroxylation is 1. The van der Waals surface area contributed by atoms with Crippen molar-refractivity contribution in [2.75, 3.05) is 20.3 Å². The van der Waals surface area contributed by atoms with Crippen LogP contribution in [0.25, 0.3) is 0 Å². The molecule has 0 spiro atoms. The van der Waals surface area contributed by atoms with Crippen LogP contribution in [0.1, 0.15) is 41.9 Å². The number of piperidine rings is 1. The first-order chi connectivity index (χ1) is 13.5. The lowest BCUT2D eigenvalue weighted by molar-refractivity contribution is -0.0282. The van der Waals surface area contributed by atoms with Gasteiger partial charge in [0, 0.05) is 25.0 Å². The molecule has 3 unspecified atom stereocenters. The Balaban J connectivity index is 1.97. The Bertz CT molecular complexity index is 780. The van der Waals surface area contributed by atoms with E-state index in [-0.39, 0.29) is 24.3 Å². The summed E-state index contributed by atoms with van der Waals surface area (Å²) in [5, 5.41) is 24.5. The number of hydrogen-bond acceptors (Lipinski definition) is 4. The molecular weight excluding hydrogens is 357 g/mol. The fraction of sp³-hybridized carbons (Fsp3) is 0.478. The van der Waals surface area contributed by atoms with Crippen molar-refractivity contribution in [3.05, 3.63) is 65.0 Å². The minimum Gasteiger partial charge on any atom is -0.494 e. The summed E-state index contributed by atoms with van der Waals surface area (Å²) in [4.78, 5) is 0. The van der Waals surface area contributed by atoms with E-state index in [4.69, 9.17) is 4.74 Å². The molecule has 4 nitrogen and oxygen atoms in total. The van der Waals surface area contributed by atoms with Gasteiger partial charge in [-0.3, -0.25) is 0 Å². The second kappa shape index (κ2) is 9.03. The predicted molar refractivity (Wildman–Crippen MR) is 108 cm³/mol. The maximum Gasteiger partial charge on any atom is 0.165 e. The average molecular weight is 387 g/mol. The van der Waals surface area contributed by atoms with Crippen LogP contribution in [0.4, 0.5) is 4.39 Å². The lowest BCUT2D eigenvalue weighted by Crippen LogP contribution is -2.55. The van der Waals surface area contributed by atoms with E-state index in [1.807, 2.05) is 37.3 Å². The highest BCUT2D eigenvalue weighted by Gasteiger charge is 2.45. The summed E-state index contributed by atoms with van der Waals surface area (Å²) in [6.45, 7) is 2.82. The summed E-state index contributed by atoms with van der Waals surface area (Å²) in [5.74, 6) is -0.514. The van der Waals surface area contributed by atoms with Crippen LogP contribution in [0.5, 0.6) is 5.75 Å². The van der Waals surface area contributed by atoms with Gasteiger partial charge in [-0.25, -0.2) is 4.39 Å². The van der Waals surface area contributed by atoms with Gasteiger partial charge in [-0.1, -0.05) is 35.9 Å². The number of nitrogens with one attached hydrogen (secondary N) is 1. The molecule has 0 amide bonds. The number of aliphatic hydroxyl groups excluding tert-OH is 1. The van der Waals surface area contributed by atoms with Gasteiger partial charge in [0.2, 0.25) is 0 Å². The lowest BCUT2D eigenvalue weighted by atomic mass is 9.69. The van der Waals surface area contributed by atoms with E-state index >= 15 is 0 Å². The van der Waals surface area contributed by atoms with Crippen molar-refractivity contribution in [3.8, 4) is 5.75 Å². The van der Waals surface area contributed by atoms with Gasteiger partial charge < -0.3 is 20.3 Å². The van der Waals surface area contributed by atoms with E-state index in [1.54, 1.807) is 6.07 Å². The maximum atomic E-state index is 14.4. The molecule has 1 saturated heterocycles. The van der Waals surface area contributed by atoms with Gasteiger partial charge in [0.1, 0.15) is 0 Å². The van der Waals surface area contributed by atoms with Gasteiger partial charge in [0.05, 0.1) is 12.7 Å². The summed E-state index contributed by atoms with van der Waals surface area (Å²) in [6, 6.07) is 13.1. The van der Waals surface area contributed by atoms with E-state index in [1.165, 1.54) is 18.7 Å². The summed E-state index contributed by atoms with van der Waals surface area (Å²) in [5.41, 5.74) is 2.00. The van der Waals surface area contributed by atoms with Crippen molar-refractivity contribution in [3.63, 3.8) is 0 Å². The zero-order chi connectivity index (χ0) is 20.1. The normalized spacial score (nSPS) is 24.9. The van der Waals surface area contributed by atoms with Gasteiger partial charge >= 0.3 is 0 Å². The Morgan fingerprint density at radius 1 is 1.21 bits per heavy atom. The van der Waals surface area contributed by atoms with E-state index in [0.29, 0.717) is 32.2 Å². The van der Waals surface area contributed by atoms with Gasteiger partial charge in [-0.15, -0.1) is 0 Å². The topological polar surface area (TPSA) is 61.7 Å². The Labute approximate surface area is 166 Å². The largest absolute Gasteiger partial charge is 0.494 e. The maximum absolute atomic E-state index is 14.4. The molecule has 0 aromatic heterocycles. The van der Waals surface area contributed by atoms with Crippen molar-refractivity contribution in [2.24, 2.45) is 0 Å². The minimum absolute atomic E-state index is 0.0378. The molecule has 1 aliphatic heterocycles. The molecule has 3 N–H and O–H groups in total. The number of rotatable bonds is 7. The van der Waals surface area contributed by atoms with Gasteiger partial charge in [0.25, 0.3) is 0 Å². The van der Waals surface area contributed by atoms with Crippen LogP contribution in [0.3, 0.4) is 0 Å². The van der Waals surface area contributed by atoms with Gasteiger partial charge in [-0.05, 0) is 56.0 Å². The minimum atomic E-state index is -0.998. The molecule has 5 heteroatoms. The van der Waals surface area contributed by atoms with Crippen LogP contribution in [-0.4, -0.2) is 42.1 Å². The third-order valence-corrected chi connectivity index (χ3v) is 5.78. The lowest BCUT2D eigenvalue weighted by Gasteiger charge is -2.46. The van der Waals surface area contributed by atoms with Crippen molar-refractivity contribution in [2.45, 2.75) is 50.2 Å². The third-order valence-electron chi connectivity index (χ3n) is 5.78. The molecule has 3 rings (SSSR count). The number of benzene rings is 2. The highest BCUT2D eigenvalue weighted by Crippen LogP contribution is 2.41. The molecule has 2 aromatic rings. The molecule has 1 fully saturated rings. The Morgan fingerprint density at radius 2 is 1.96 bits per heavy atom. The number of hydrogen-bond donors (Lipinski definition) is 3. The SMILES string of the molecule is COc1ccc(C2C(CCCO)NCCC2(O)Cc2ccc(C)cc2)cc1F. The van der Waals surface area contributed by atoms with Crippen LogP contribution < -0.4 is 10.1 Å². The highest BCUT2D eigenvalue weighted by atomic mass is 19.1. The first kappa shape index (κ1) is 20.8. The molecule has 3 atom stereocenters. The quantitative estimate of drug-likeness (QED) is 0.682. The predicted octanol–water partition coefficient (Wildman–Crippen LogP) is 3.33. The zero-order valence-electron chi connectivity index (χ0n) is 16.6. The van der Waals surface area contributed by atoms with Crippen molar-refractivity contribution in [1.29, 1.82) is 0 Å². The number of aliphatic hydroxyl groups is 2. The second-order valence-electron chi connectivity index (χ2n) is 7.81. The van der Waals surface area contributed by atoms with E-state index in [2.05, 4.69) is 5.32 Å². The molecule has 1 heterocycles. The van der Waals surface area contributed by atoms with E-state index in [0.717, 1.165) is 11.1 Å². The van der Waals surface area contributed by atoms with Crippen molar-refractivity contribution >= 4 is 0 Å². The summed E-state index contributed by atoms with van der Waals surface area (Å²) in [7, 11) is 1.44. The first-order valence-corrected chi connectivity index (χ1v) is 9.92. The fourth-order valence-corrected chi connectivity index (χ4v) is 4.38. The van der Waals surface area contributed by atoms with Crippen LogP contribution in [-0.2, 0) is 6.42 Å². The molecule has 152 valence electrons. The fourth-order valence-electron chi connectivity index (χ4n) is 4.38. The van der Waals surface area contributed by atoms with Crippen LogP contribution in [0, 0.1) is 12.7 Å². The molecule has 28 heavy (non-hydrogen) atoms. The Hall–Kier alpha value is -1.95. The Morgan fingerprint density at radius 3 is 2.61 bits per heavy atom. The summed E-state index contributed by atoms with van der Waals surface area (Å²) >= 11 is 0. The number of halogens is 1. The molecular formula is C23H30FNO3. The molecule has 2 aromatic carbocycles. The first-order valence-electron chi connectivity index (χ1n) is 9.92. The third kappa shape index (κ3) is 4.54. The molecule has 0 saturated carbocycles. The molecule has 0 aliphatic carbocycles. The van der Waals surface area contributed by atoms with Crippen molar-refractivity contribution < 1.29 is 19.3 Å². The van der Waals surface area contributed by atoms with Gasteiger partial charge in [0.15, 0.2) is 11.6 Å². The second-order valence-corrected chi connectivity index (χ2v) is 7.81. The van der Waals surface area contributed by atoms with Crippen LogP contribution in [0.2, 0.25) is 0 Å². The van der Waals surface area contributed by atoms with Crippen molar-refractivity contribution in [1.82, 2.24) is 5.32 Å². The Kier molecular flexibility index (Phi) is 6.70. The summed E-state index contributed by atoms with van der Waals surface area (Å²) < 4.78 is 19.5. The van der Waals surface area contributed by atoms with Gasteiger partial charge in [-0.2, -0.15) is 0 Å². The highest BCUT2D eigenvalue weighted by molar-refractivity contribution is 5.35. The smallest absolute Gasteiger partial charge is 0.165 e. The zero-order valence-corrected chi connectivity index (χ0v) is 16.6. The molecule has 0 radical (unpaired) electrons. The van der Waals surface area contributed by atoms with E-state index < -0.39 is 11.4 Å². The number of methoxy groups -OCH3 is 1. The monoisotopic (exact) mass is 387 g/mol. The molecule has 0 bridgehead atoms. The molecule has 1 aliphatic rings. The van der Waals surface area contributed by atoms with Crippen LogP contribution >= 0.6 is 0 Å². The standard InChI is InChI=1S/C23H30FNO3/c1-16-5-7-17(8-6-16)15-23(27)11-12-25-20(4-3-13-26)22(23)18-9-10-21(28-2)19(24)14-18/h5-10,14,20,22,25-27H,3-4,11-13,15H2,1-2H3. The van der Waals surface area contributed by atoms with Crippen LogP contribution in [0.15, 0.2) is 42.5 Å². The summed E-state index contributed by atoms with van der Waals surface area (Å²) in [6.07, 6.45) is 2.43. The van der Waals surface area contributed by atoms with E-state index in [9.17, 15) is 14.6 Å².